The molecule has 0 spiro atoms. The van der Waals surface area contributed by atoms with Crippen LogP contribution in [0.25, 0.3) is 0 Å². The van der Waals surface area contributed by atoms with Gasteiger partial charge >= 0.3 is 6.09 Å². The summed E-state index contributed by atoms with van der Waals surface area (Å²) in [5.41, 5.74) is 0.784. The number of carbonyl (C=O) groups excluding carboxylic acids is 1. The van der Waals surface area contributed by atoms with Crippen LogP contribution in [0.4, 0.5) is 4.79 Å². The minimum atomic E-state index is -0.917. The molecule has 1 aromatic rings. The van der Waals surface area contributed by atoms with Gasteiger partial charge in [0.25, 0.3) is 0 Å². The zero-order valence-corrected chi connectivity index (χ0v) is 10.2. The SMILES string of the molecule is CCS(=O)Cc1ccccc1OC(=O)NC. The molecule has 0 aliphatic rings. The zero-order valence-electron chi connectivity index (χ0n) is 9.36. The van der Waals surface area contributed by atoms with Crippen LogP contribution >= 0.6 is 0 Å². The number of amides is 1. The molecule has 88 valence electrons. The summed E-state index contributed by atoms with van der Waals surface area (Å²) in [4.78, 5) is 11.1. The summed E-state index contributed by atoms with van der Waals surface area (Å²) in [5.74, 6) is 1.46. The molecule has 0 bridgehead atoms. The smallest absolute Gasteiger partial charge is 0.410 e. The van der Waals surface area contributed by atoms with E-state index in [2.05, 4.69) is 5.32 Å². The molecular weight excluding hydrogens is 226 g/mol. The second-order valence-corrected chi connectivity index (χ2v) is 4.87. The number of hydrogen-bond donors (Lipinski definition) is 1. The van der Waals surface area contributed by atoms with Crippen molar-refractivity contribution in [3.63, 3.8) is 0 Å². The molecule has 0 aromatic heterocycles. The Bertz CT molecular complexity index is 356. The third-order valence-electron chi connectivity index (χ3n) is 2.02. The van der Waals surface area contributed by atoms with E-state index >= 15 is 0 Å². The maximum absolute atomic E-state index is 11.4. The normalized spacial score (nSPS) is 11.9. The van der Waals surface area contributed by atoms with Crippen LogP contribution in [0.5, 0.6) is 5.75 Å². The van der Waals surface area contributed by atoms with E-state index in [1.54, 1.807) is 12.1 Å². The molecule has 0 aliphatic heterocycles. The largest absolute Gasteiger partial charge is 0.412 e. The minimum Gasteiger partial charge on any atom is -0.410 e. The van der Waals surface area contributed by atoms with Crippen molar-refractivity contribution in [1.82, 2.24) is 5.32 Å². The van der Waals surface area contributed by atoms with Crippen molar-refractivity contribution in [2.24, 2.45) is 0 Å². The molecule has 5 heteroatoms. The fourth-order valence-corrected chi connectivity index (χ4v) is 1.94. The number of benzene rings is 1. The molecule has 4 nitrogen and oxygen atoms in total. The third kappa shape index (κ3) is 3.66. The van der Waals surface area contributed by atoms with Crippen molar-refractivity contribution < 1.29 is 13.7 Å². The molecule has 1 aromatic carbocycles. The van der Waals surface area contributed by atoms with Crippen molar-refractivity contribution in [3.8, 4) is 5.75 Å². The molecule has 16 heavy (non-hydrogen) atoms. The maximum Gasteiger partial charge on any atom is 0.412 e. The summed E-state index contributed by atoms with van der Waals surface area (Å²) < 4.78 is 16.5. The van der Waals surface area contributed by atoms with Gasteiger partial charge in [-0.1, -0.05) is 25.1 Å². The van der Waals surface area contributed by atoms with Crippen LogP contribution in [0, 0.1) is 0 Å². The zero-order chi connectivity index (χ0) is 12.0. The van der Waals surface area contributed by atoms with E-state index in [0.717, 1.165) is 5.56 Å². The Kier molecular flexibility index (Phi) is 4.98. The molecule has 0 saturated carbocycles. The Morgan fingerprint density at radius 3 is 2.75 bits per heavy atom. The van der Waals surface area contributed by atoms with Crippen molar-refractivity contribution in [3.05, 3.63) is 29.8 Å². The predicted molar refractivity (Wildman–Crippen MR) is 63.9 cm³/mol. The van der Waals surface area contributed by atoms with Gasteiger partial charge in [-0.25, -0.2) is 4.79 Å². The van der Waals surface area contributed by atoms with Crippen molar-refractivity contribution >= 4 is 16.9 Å². The van der Waals surface area contributed by atoms with Gasteiger partial charge in [-0.3, -0.25) is 4.21 Å². The van der Waals surface area contributed by atoms with Crippen LogP contribution in [-0.4, -0.2) is 23.1 Å². The van der Waals surface area contributed by atoms with Gasteiger partial charge in [0.05, 0.1) is 5.75 Å². The van der Waals surface area contributed by atoms with Gasteiger partial charge in [0, 0.05) is 29.2 Å². The van der Waals surface area contributed by atoms with E-state index in [4.69, 9.17) is 4.74 Å². The fraction of sp³-hybridized carbons (Fsp3) is 0.364. The van der Waals surface area contributed by atoms with Crippen LogP contribution in [-0.2, 0) is 16.6 Å². The van der Waals surface area contributed by atoms with Crippen LogP contribution in [0.1, 0.15) is 12.5 Å². The van der Waals surface area contributed by atoms with Gasteiger partial charge in [0.15, 0.2) is 0 Å². The number of nitrogens with one attached hydrogen (secondary N) is 1. The standard InChI is InChI=1S/C11H15NO3S/c1-3-16(14)8-9-6-4-5-7-10(9)15-11(13)12-2/h4-7H,3,8H2,1-2H3,(H,12,13). The predicted octanol–water partition coefficient (Wildman–Crippen LogP) is 1.67. The van der Waals surface area contributed by atoms with E-state index in [1.807, 2.05) is 19.1 Å². The summed E-state index contributed by atoms with van der Waals surface area (Å²) in [6.07, 6.45) is -0.519. The summed E-state index contributed by atoms with van der Waals surface area (Å²) in [6.45, 7) is 1.86. The average molecular weight is 241 g/mol. The molecule has 1 N–H and O–H groups in total. The average Bonchev–Trinajstić information content (AvgIpc) is 2.31. The van der Waals surface area contributed by atoms with E-state index in [0.29, 0.717) is 17.3 Å². The Labute approximate surface area is 97.5 Å². The third-order valence-corrected chi connectivity index (χ3v) is 3.29. The van der Waals surface area contributed by atoms with E-state index in [1.165, 1.54) is 7.05 Å². The van der Waals surface area contributed by atoms with Gasteiger partial charge < -0.3 is 10.1 Å². The lowest BCUT2D eigenvalue weighted by atomic mass is 10.2. The topological polar surface area (TPSA) is 55.4 Å². The maximum atomic E-state index is 11.4. The Hall–Kier alpha value is -1.36. The Morgan fingerprint density at radius 2 is 2.12 bits per heavy atom. The second-order valence-electron chi connectivity index (χ2n) is 3.12. The first-order chi connectivity index (χ1) is 7.67. The highest BCUT2D eigenvalue weighted by Gasteiger charge is 2.09. The van der Waals surface area contributed by atoms with E-state index in [-0.39, 0.29) is 0 Å². The van der Waals surface area contributed by atoms with Gasteiger partial charge in [-0.15, -0.1) is 0 Å². The quantitative estimate of drug-likeness (QED) is 0.872. The summed E-state index contributed by atoms with van der Waals surface area (Å²) in [7, 11) is 0.578. The summed E-state index contributed by atoms with van der Waals surface area (Å²) in [6, 6.07) is 7.11. The fourth-order valence-electron chi connectivity index (χ4n) is 1.15. The first-order valence-corrected chi connectivity index (χ1v) is 6.48. The molecule has 0 aliphatic carbocycles. The first-order valence-electron chi connectivity index (χ1n) is 4.99. The van der Waals surface area contributed by atoms with Gasteiger partial charge in [-0.2, -0.15) is 0 Å². The molecule has 1 amide bonds. The second kappa shape index (κ2) is 6.27. The number of ether oxygens (including phenoxy) is 1. The van der Waals surface area contributed by atoms with Gasteiger partial charge in [0.2, 0.25) is 0 Å². The number of carbonyl (C=O) groups is 1. The van der Waals surface area contributed by atoms with E-state index < -0.39 is 16.9 Å². The van der Waals surface area contributed by atoms with Crippen molar-refractivity contribution in [2.45, 2.75) is 12.7 Å². The molecule has 0 fully saturated rings. The highest BCUT2D eigenvalue weighted by atomic mass is 32.2. The van der Waals surface area contributed by atoms with Gasteiger partial charge in [-0.05, 0) is 6.07 Å². The lowest BCUT2D eigenvalue weighted by Gasteiger charge is -2.08. The molecule has 1 atom stereocenters. The van der Waals surface area contributed by atoms with Crippen LogP contribution in [0.2, 0.25) is 0 Å². The molecule has 0 saturated heterocycles. The monoisotopic (exact) mass is 241 g/mol. The molecule has 0 heterocycles. The summed E-state index contributed by atoms with van der Waals surface area (Å²) in [5, 5.41) is 2.37. The summed E-state index contributed by atoms with van der Waals surface area (Å²) >= 11 is 0. The lowest BCUT2D eigenvalue weighted by molar-refractivity contribution is 0.202. The first kappa shape index (κ1) is 12.7. The molecular formula is C11H15NO3S. The number of para-hydroxylation sites is 1. The van der Waals surface area contributed by atoms with Crippen LogP contribution in [0.3, 0.4) is 0 Å². The van der Waals surface area contributed by atoms with Crippen molar-refractivity contribution in [2.75, 3.05) is 12.8 Å². The highest BCUT2D eigenvalue weighted by molar-refractivity contribution is 7.84. The minimum absolute atomic E-state index is 0.406. The van der Waals surface area contributed by atoms with E-state index in [9.17, 15) is 9.00 Å². The number of rotatable bonds is 4. The molecule has 1 rings (SSSR count). The van der Waals surface area contributed by atoms with Crippen LogP contribution < -0.4 is 10.1 Å². The Balaban J connectivity index is 2.83. The Morgan fingerprint density at radius 1 is 1.44 bits per heavy atom. The molecule has 1 unspecified atom stereocenters. The number of hydrogen-bond acceptors (Lipinski definition) is 3. The highest BCUT2D eigenvalue weighted by Crippen LogP contribution is 2.19. The lowest BCUT2D eigenvalue weighted by Crippen LogP contribution is -2.22. The van der Waals surface area contributed by atoms with Crippen molar-refractivity contribution in [1.29, 1.82) is 0 Å². The van der Waals surface area contributed by atoms with Gasteiger partial charge in [0.1, 0.15) is 5.75 Å². The molecule has 0 radical (unpaired) electrons. The van der Waals surface area contributed by atoms with Crippen LogP contribution in [0.15, 0.2) is 24.3 Å².